The number of rotatable bonds is 5. The van der Waals surface area contributed by atoms with E-state index in [-0.39, 0.29) is 12.3 Å². The molecule has 2 aromatic rings. The van der Waals surface area contributed by atoms with E-state index in [4.69, 9.17) is 11.6 Å². The molecule has 0 fully saturated rings. The summed E-state index contributed by atoms with van der Waals surface area (Å²) < 4.78 is 0. The van der Waals surface area contributed by atoms with E-state index in [0.29, 0.717) is 16.1 Å². The highest BCUT2D eigenvalue weighted by atomic mass is 35.5. The minimum Gasteiger partial charge on any atom is -0.508 e. The Morgan fingerprint density at radius 3 is 2.55 bits per heavy atom. The first kappa shape index (κ1) is 14.4. The molecule has 20 heavy (non-hydrogen) atoms. The van der Waals surface area contributed by atoms with Crippen LogP contribution < -0.4 is 5.32 Å². The molecule has 0 spiro atoms. The maximum absolute atomic E-state index is 11.3. The van der Waals surface area contributed by atoms with Crippen LogP contribution in [0.2, 0.25) is 5.02 Å². The van der Waals surface area contributed by atoms with E-state index in [1.54, 1.807) is 36.4 Å². The second kappa shape index (κ2) is 6.41. The van der Waals surface area contributed by atoms with Crippen molar-refractivity contribution in [2.24, 2.45) is 0 Å². The first-order valence-electron chi connectivity index (χ1n) is 6.06. The molecule has 0 bridgehead atoms. The second-order valence-electron chi connectivity index (χ2n) is 4.34. The molecular weight excluding hydrogens is 278 g/mol. The molecule has 104 valence electrons. The van der Waals surface area contributed by atoms with Gasteiger partial charge in [-0.3, -0.25) is 10.1 Å². The highest BCUT2D eigenvalue weighted by Gasteiger charge is 2.19. The lowest BCUT2D eigenvalue weighted by atomic mass is 10.1. The van der Waals surface area contributed by atoms with E-state index >= 15 is 0 Å². The fourth-order valence-electron chi connectivity index (χ4n) is 1.90. The number of carboxylic acids is 1. The highest BCUT2D eigenvalue weighted by Crippen LogP contribution is 2.22. The maximum atomic E-state index is 11.3. The van der Waals surface area contributed by atoms with Gasteiger partial charge in [0.15, 0.2) is 0 Å². The van der Waals surface area contributed by atoms with E-state index in [0.717, 1.165) is 0 Å². The van der Waals surface area contributed by atoms with Crippen molar-refractivity contribution in [3.05, 3.63) is 64.7 Å². The van der Waals surface area contributed by atoms with Crippen molar-refractivity contribution in [1.29, 1.82) is 0 Å². The third-order valence-corrected chi connectivity index (χ3v) is 3.15. The van der Waals surface area contributed by atoms with Crippen LogP contribution >= 0.6 is 11.6 Å². The van der Waals surface area contributed by atoms with Crippen molar-refractivity contribution < 1.29 is 15.0 Å². The molecule has 0 aromatic heterocycles. The molecule has 5 heteroatoms. The summed E-state index contributed by atoms with van der Waals surface area (Å²) >= 11 is 5.86. The Balaban J connectivity index is 2.14. The summed E-state index contributed by atoms with van der Waals surface area (Å²) in [5.41, 5.74) is 1.21. The lowest BCUT2D eigenvalue weighted by Gasteiger charge is -2.15. The molecule has 1 atom stereocenters. The number of halogens is 1. The van der Waals surface area contributed by atoms with Gasteiger partial charge in [-0.25, -0.2) is 0 Å². The van der Waals surface area contributed by atoms with Gasteiger partial charge in [-0.15, -0.1) is 0 Å². The second-order valence-corrected chi connectivity index (χ2v) is 4.77. The van der Waals surface area contributed by atoms with Crippen LogP contribution in [0.15, 0.2) is 48.5 Å². The summed E-state index contributed by atoms with van der Waals surface area (Å²) in [7, 11) is 0. The molecule has 0 aliphatic heterocycles. The minimum absolute atomic E-state index is 0.0825. The fourth-order valence-corrected chi connectivity index (χ4v) is 2.10. The van der Waals surface area contributed by atoms with E-state index in [1.807, 2.05) is 6.07 Å². The molecule has 3 N–H and O–H groups in total. The SMILES string of the molecule is O=C(O)C(NCc1cc(Cl)ccc1O)c1ccccc1. The van der Waals surface area contributed by atoms with Crippen LogP contribution in [0.3, 0.4) is 0 Å². The summed E-state index contributed by atoms with van der Waals surface area (Å²) in [4.78, 5) is 11.3. The molecule has 0 saturated carbocycles. The van der Waals surface area contributed by atoms with Crippen LogP contribution in [0.1, 0.15) is 17.2 Å². The van der Waals surface area contributed by atoms with E-state index in [9.17, 15) is 15.0 Å². The molecular formula is C15H14ClNO3. The number of aromatic hydroxyl groups is 1. The number of benzene rings is 2. The van der Waals surface area contributed by atoms with Gasteiger partial charge in [0, 0.05) is 17.1 Å². The van der Waals surface area contributed by atoms with Gasteiger partial charge < -0.3 is 10.2 Å². The van der Waals surface area contributed by atoms with E-state index in [2.05, 4.69) is 5.32 Å². The van der Waals surface area contributed by atoms with Gasteiger partial charge in [-0.1, -0.05) is 41.9 Å². The molecule has 0 saturated heterocycles. The summed E-state index contributed by atoms with van der Waals surface area (Å²) in [5.74, 6) is -0.892. The van der Waals surface area contributed by atoms with Crippen molar-refractivity contribution in [2.45, 2.75) is 12.6 Å². The molecule has 4 nitrogen and oxygen atoms in total. The maximum Gasteiger partial charge on any atom is 0.325 e. The van der Waals surface area contributed by atoms with Gasteiger partial charge in [0.2, 0.25) is 0 Å². The molecule has 0 amide bonds. The Labute approximate surface area is 121 Å². The summed E-state index contributed by atoms with van der Waals surface area (Å²) in [6.07, 6.45) is 0. The molecule has 2 aromatic carbocycles. The Hall–Kier alpha value is -2.04. The van der Waals surface area contributed by atoms with Gasteiger partial charge in [0.25, 0.3) is 0 Å². The smallest absolute Gasteiger partial charge is 0.325 e. The predicted molar refractivity (Wildman–Crippen MR) is 76.8 cm³/mol. The Kier molecular flexibility index (Phi) is 4.61. The molecule has 0 heterocycles. The lowest BCUT2D eigenvalue weighted by molar-refractivity contribution is -0.139. The zero-order chi connectivity index (χ0) is 14.5. The van der Waals surface area contributed by atoms with Crippen molar-refractivity contribution >= 4 is 17.6 Å². The summed E-state index contributed by atoms with van der Waals surface area (Å²) in [5, 5.41) is 22.4. The first-order chi connectivity index (χ1) is 9.58. The molecule has 2 rings (SSSR count). The number of hydrogen-bond acceptors (Lipinski definition) is 3. The molecule has 0 radical (unpaired) electrons. The molecule has 0 aliphatic rings. The predicted octanol–water partition coefficient (Wildman–Crippen LogP) is 2.96. The number of aliphatic carboxylic acids is 1. The van der Waals surface area contributed by atoms with Crippen molar-refractivity contribution in [3.63, 3.8) is 0 Å². The van der Waals surface area contributed by atoms with Gasteiger partial charge in [-0.05, 0) is 23.8 Å². The monoisotopic (exact) mass is 291 g/mol. The zero-order valence-corrected chi connectivity index (χ0v) is 11.3. The van der Waals surface area contributed by atoms with Gasteiger partial charge in [0.1, 0.15) is 11.8 Å². The number of phenolic OH excluding ortho intramolecular Hbond substituents is 1. The minimum atomic E-state index is -0.974. The van der Waals surface area contributed by atoms with Crippen LogP contribution in [0, 0.1) is 0 Å². The molecule has 0 aliphatic carbocycles. The van der Waals surface area contributed by atoms with Crippen LogP contribution in [-0.4, -0.2) is 16.2 Å². The highest BCUT2D eigenvalue weighted by molar-refractivity contribution is 6.30. The van der Waals surface area contributed by atoms with E-state index < -0.39 is 12.0 Å². The Morgan fingerprint density at radius 2 is 1.90 bits per heavy atom. The van der Waals surface area contributed by atoms with Gasteiger partial charge in [-0.2, -0.15) is 0 Å². The summed E-state index contributed by atoms with van der Waals surface area (Å²) in [6.45, 7) is 0.207. The number of carboxylic acid groups (broad SMARTS) is 1. The third-order valence-electron chi connectivity index (χ3n) is 2.92. The number of carbonyl (C=O) groups is 1. The van der Waals surface area contributed by atoms with Crippen molar-refractivity contribution in [2.75, 3.05) is 0 Å². The fraction of sp³-hybridized carbons (Fsp3) is 0.133. The zero-order valence-electron chi connectivity index (χ0n) is 10.6. The average Bonchev–Trinajstić information content (AvgIpc) is 2.43. The van der Waals surface area contributed by atoms with Gasteiger partial charge >= 0.3 is 5.97 Å². The molecule has 1 unspecified atom stereocenters. The lowest BCUT2D eigenvalue weighted by Crippen LogP contribution is -2.28. The van der Waals surface area contributed by atoms with Crippen LogP contribution in [0.4, 0.5) is 0 Å². The van der Waals surface area contributed by atoms with E-state index in [1.165, 1.54) is 6.07 Å². The normalized spacial score (nSPS) is 12.1. The van der Waals surface area contributed by atoms with Crippen LogP contribution in [0.25, 0.3) is 0 Å². The van der Waals surface area contributed by atoms with Crippen molar-refractivity contribution in [3.8, 4) is 5.75 Å². The van der Waals surface area contributed by atoms with Crippen LogP contribution in [-0.2, 0) is 11.3 Å². The first-order valence-corrected chi connectivity index (χ1v) is 6.44. The quantitative estimate of drug-likeness (QED) is 0.792. The number of nitrogens with one attached hydrogen (secondary N) is 1. The van der Waals surface area contributed by atoms with Crippen molar-refractivity contribution in [1.82, 2.24) is 5.32 Å². The Bertz CT molecular complexity index is 601. The Morgan fingerprint density at radius 1 is 1.20 bits per heavy atom. The standard InChI is InChI=1S/C15H14ClNO3/c16-12-6-7-13(18)11(8-12)9-17-14(15(19)20)10-4-2-1-3-5-10/h1-8,14,17-18H,9H2,(H,19,20). The average molecular weight is 292 g/mol. The number of hydrogen-bond donors (Lipinski definition) is 3. The largest absolute Gasteiger partial charge is 0.508 e. The van der Waals surface area contributed by atoms with Gasteiger partial charge in [0.05, 0.1) is 0 Å². The topological polar surface area (TPSA) is 69.6 Å². The number of phenols is 1. The summed E-state index contributed by atoms with van der Waals surface area (Å²) in [6, 6.07) is 12.7. The van der Waals surface area contributed by atoms with Crippen LogP contribution in [0.5, 0.6) is 5.75 Å². The third kappa shape index (κ3) is 3.50.